The number of fused-ring (bicyclic) bond motifs is 1. The van der Waals surface area contributed by atoms with Gasteiger partial charge >= 0.3 is 0 Å². The van der Waals surface area contributed by atoms with Crippen molar-refractivity contribution in [2.45, 2.75) is 0 Å². The molecule has 2 heterocycles. The number of rotatable bonds is 2. The molecule has 0 unspecified atom stereocenters. The molecule has 0 atom stereocenters. The van der Waals surface area contributed by atoms with E-state index in [4.69, 9.17) is 10.5 Å². The number of anilines is 1. The van der Waals surface area contributed by atoms with Gasteiger partial charge in [-0.2, -0.15) is 0 Å². The lowest BCUT2D eigenvalue weighted by Crippen LogP contribution is -1.95. The third-order valence-corrected chi connectivity index (χ3v) is 2.94. The summed E-state index contributed by atoms with van der Waals surface area (Å²) in [4.78, 5) is 8.82. The first-order valence-corrected chi connectivity index (χ1v) is 5.93. The molecule has 2 aromatic heterocycles. The smallest absolute Gasteiger partial charge is 0.223 e. The van der Waals surface area contributed by atoms with E-state index >= 15 is 0 Å². The first-order chi connectivity index (χ1) is 9.28. The molecular formula is C15H13N3O. The zero-order valence-electron chi connectivity index (χ0n) is 10.5. The zero-order chi connectivity index (χ0) is 13.2. The molecule has 0 spiro atoms. The SMILES string of the molecule is COc1nc2ccccc2cc1-c1cc(N)ccn1. The number of para-hydroxylation sites is 1. The van der Waals surface area contributed by atoms with Gasteiger partial charge in [-0.1, -0.05) is 18.2 Å². The number of methoxy groups -OCH3 is 1. The van der Waals surface area contributed by atoms with Crippen LogP contribution >= 0.6 is 0 Å². The van der Waals surface area contributed by atoms with Gasteiger partial charge in [0.1, 0.15) is 0 Å². The quantitative estimate of drug-likeness (QED) is 0.760. The summed E-state index contributed by atoms with van der Waals surface area (Å²) < 4.78 is 5.36. The fraction of sp³-hybridized carbons (Fsp3) is 0.0667. The standard InChI is InChI=1S/C15H13N3O/c1-19-15-12(14-9-11(16)6-7-17-14)8-10-4-2-3-5-13(10)18-15/h2-9H,1H3,(H2,16,17). The number of ether oxygens (including phenoxy) is 1. The highest BCUT2D eigenvalue weighted by molar-refractivity contribution is 5.85. The maximum absolute atomic E-state index is 5.80. The van der Waals surface area contributed by atoms with E-state index in [9.17, 15) is 0 Å². The molecule has 3 aromatic rings. The molecule has 4 nitrogen and oxygen atoms in total. The first kappa shape index (κ1) is 11.5. The highest BCUT2D eigenvalue weighted by Gasteiger charge is 2.10. The lowest BCUT2D eigenvalue weighted by molar-refractivity contribution is 0.401. The molecule has 0 fully saturated rings. The minimum Gasteiger partial charge on any atom is -0.480 e. The molecule has 0 saturated heterocycles. The van der Waals surface area contributed by atoms with Crippen LogP contribution in [0.4, 0.5) is 5.69 Å². The highest BCUT2D eigenvalue weighted by atomic mass is 16.5. The summed E-state index contributed by atoms with van der Waals surface area (Å²) in [7, 11) is 1.60. The molecule has 0 amide bonds. The molecule has 0 saturated carbocycles. The fourth-order valence-corrected chi connectivity index (χ4v) is 2.03. The second-order valence-corrected chi connectivity index (χ2v) is 4.21. The third kappa shape index (κ3) is 2.08. The molecule has 0 aliphatic rings. The van der Waals surface area contributed by atoms with Crippen LogP contribution in [0.5, 0.6) is 5.88 Å². The Labute approximate surface area is 110 Å². The van der Waals surface area contributed by atoms with Gasteiger partial charge in [-0.05, 0) is 24.3 Å². The Morgan fingerprint density at radius 3 is 2.74 bits per heavy atom. The van der Waals surface area contributed by atoms with Gasteiger partial charge in [0.25, 0.3) is 0 Å². The van der Waals surface area contributed by atoms with E-state index in [1.807, 2.05) is 36.4 Å². The van der Waals surface area contributed by atoms with E-state index in [0.717, 1.165) is 22.2 Å². The molecule has 3 rings (SSSR count). The minimum absolute atomic E-state index is 0.553. The van der Waals surface area contributed by atoms with Crippen molar-refractivity contribution in [1.82, 2.24) is 9.97 Å². The fourth-order valence-electron chi connectivity index (χ4n) is 2.03. The number of nitrogens with zero attached hydrogens (tertiary/aromatic N) is 2. The van der Waals surface area contributed by atoms with Crippen LogP contribution in [0.2, 0.25) is 0 Å². The van der Waals surface area contributed by atoms with Crippen LogP contribution < -0.4 is 10.5 Å². The summed E-state index contributed by atoms with van der Waals surface area (Å²) in [6.45, 7) is 0. The topological polar surface area (TPSA) is 61.0 Å². The maximum atomic E-state index is 5.80. The van der Waals surface area contributed by atoms with E-state index in [2.05, 4.69) is 9.97 Å². The van der Waals surface area contributed by atoms with Crippen LogP contribution in [0.25, 0.3) is 22.2 Å². The van der Waals surface area contributed by atoms with E-state index < -0.39 is 0 Å². The predicted octanol–water partition coefficient (Wildman–Crippen LogP) is 2.89. The second kappa shape index (κ2) is 4.57. The third-order valence-electron chi connectivity index (χ3n) is 2.94. The molecule has 4 heteroatoms. The van der Waals surface area contributed by atoms with E-state index in [0.29, 0.717) is 11.6 Å². The van der Waals surface area contributed by atoms with Crippen molar-refractivity contribution in [1.29, 1.82) is 0 Å². The van der Waals surface area contributed by atoms with Gasteiger partial charge in [-0.15, -0.1) is 0 Å². The van der Waals surface area contributed by atoms with Crippen molar-refractivity contribution in [3.05, 3.63) is 48.7 Å². The van der Waals surface area contributed by atoms with Crippen LogP contribution in [0.15, 0.2) is 48.7 Å². The number of benzene rings is 1. The van der Waals surface area contributed by atoms with Gasteiger partial charge in [0.2, 0.25) is 5.88 Å². The summed E-state index contributed by atoms with van der Waals surface area (Å²) in [5.74, 6) is 0.553. The summed E-state index contributed by atoms with van der Waals surface area (Å²) >= 11 is 0. The van der Waals surface area contributed by atoms with E-state index in [1.165, 1.54) is 0 Å². The van der Waals surface area contributed by atoms with Crippen LogP contribution in [-0.4, -0.2) is 17.1 Å². The van der Waals surface area contributed by atoms with Crippen molar-refractivity contribution in [2.24, 2.45) is 0 Å². The van der Waals surface area contributed by atoms with Crippen molar-refractivity contribution in [3.8, 4) is 17.1 Å². The van der Waals surface area contributed by atoms with Crippen LogP contribution in [0, 0.1) is 0 Å². The summed E-state index contributed by atoms with van der Waals surface area (Å²) in [5, 5.41) is 1.04. The number of aromatic nitrogens is 2. The van der Waals surface area contributed by atoms with Crippen molar-refractivity contribution >= 4 is 16.6 Å². The molecule has 0 aliphatic carbocycles. The number of hydrogen-bond acceptors (Lipinski definition) is 4. The van der Waals surface area contributed by atoms with Gasteiger partial charge in [0, 0.05) is 17.3 Å². The van der Waals surface area contributed by atoms with Gasteiger partial charge in [0.15, 0.2) is 0 Å². The zero-order valence-corrected chi connectivity index (χ0v) is 10.5. The van der Waals surface area contributed by atoms with E-state index in [-0.39, 0.29) is 0 Å². The monoisotopic (exact) mass is 251 g/mol. The summed E-state index contributed by atoms with van der Waals surface area (Å²) in [6.07, 6.45) is 1.68. The normalized spacial score (nSPS) is 10.6. The molecule has 1 aromatic carbocycles. The van der Waals surface area contributed by atoms with Crippen LogP contribution in [0.3, 0.4) is 0 Å². The van der Waals surface area contributed by atoms with Crippen molar-refractivity contribution in [2.75, 3.05) is 12.8 Å². The van der Waals surface area contributed by atoms with Crippen molar-refractivity contribution < 1.29 is 4.74 Å². The van der Waals surface area contributed by atoms with Gasteiger partial charge < -0.3 is 10.5 Å². The Morgan fingerprint density at radius 2 is 1.95 bits per heavy atom. The Hall–Kier alpha value is -2.62. The number of nitrogen functional groups attached to an aromatic ring is 1. The Morgan fingerprint density at radius 1 is 1.11 bits per heavy atom. The van der Waals surface area contributed by atoms with E-state index in [1.54, 1.807) is 19.4 Å². The molecular weight excluding hydrogens is 238 g/mol. The minimum atomic E-state index is 0.553. The Balaban J connectivity index is 2.27. The summed E-state index contributed by atoms with van der Waals surface area (Å²) in [5.41, 5.74) is 8.96. The Bertz CT molecular complexity index is 740. The highest BCUT2D eigenvalue weighted by Crippen LogP contribution is 2.30. The number of nitrogens with two attached hydrogens (primary N) is 1. The lowest BCUT2D eigenvalue weighted by atomic mass is 10.1. The van der Waals surface area contributed by atoms with Crippen LogP contribution in [0.1, 0.15) is 0 Å². The average Bonchev–Trinajstić information content (AvgIpc) is 2.46. The molecule has 2 N–H and O–H groups in total. The molecule has 19 heavy (non-hydrogen) atoms. The van der Waals surface area contributed by atoms with Gasteiger partial charge in [-0.25, -0.2) is 4.98 Å². The molecule has 0 bridgehead atoms. The number of pyridine rings is 2. The predicted molar refractivity (Wildman–Crippen MR) is 75.9 cm³/mol. The number of hydrogen-bond donors (Lipinski definition) is 1. The molecule has 0 aliphatic heterocycles. The summed E-state index contributed by atoms with van der Waals surface area (Å²) in [6, 6.07) is 13.5. The molecule has 94 valence electrons. The lowest BCUT2D eigenvalue weighted by Gasteiger charge is -2.09. The van der Waals surface area contributed by atoms with Crippen molar-refractivity contribution in [3.63, 3.8) is 0 Å². The second-order valence-electron chi connectivity index (χ2n) is 4.21. The largest absolute Gasteiger partial charge is 0.480 e. The van der Waals surface area contributed by atoms with Gasteiger partial charge in [-0.3, -0.25) is 4.98 Å². The van der Waals surface area contributed by atoms with Gasteiger partial charge in [0.05, 0.1) is 23.9 Å². The molecule has 0 radical (unpaired) electrons. The van der Waals surface area contributed by atoms with Crippen LogP contribution in [-0.2, 0) is 0 Å². The Kier molecular flexibility index (Phi) is 2.76. The maximum Gasteiger partial charge on any atom is 0.223 e. The average molecular weight is 251 g/mol. The first-order valence-electron chi connectivity index (χ1n) is 5.93.